The van der Waals surface area contributed by atoms with E-state index in [9.17, 15) is 9.59 Å². The molecule has 3 heterocycles. The van der Waals surface area contributed by atoms with Gasteiger partial charge in [-0.05, 0) is 32.3 Å². The van der Waals surface area contributed by atoms with Crippen molar-refractivity contribution in [2.45, 2.75) is 39.0 Å². The SMILES string of the molecule is Cc1nn(C)c2sc(C(=O)NCCCN3CCCCCC3=O)cc12. The number of hydrogen-bond acceptors (Lipinski definition) is 4. The highest BCUT2D eigenvalue weighted by molar-refractivity contribution is 7.20. The maximum atomic E-state index is 12.3. The second-order valence-corrected chi connectivity index (χ2v) is 7.37. The zero-order valence-corrected chi connectivity index (χ0v) is 15.1. The summed E-state index contributed by atoms with van der Waals surface area (Å²) >= 11 is 1.47. The van der Waals surface area contributed by atoms with Gasteiger partial charge in [-0.3, -0.25) is 14.3 Å². The molecule has 0 spiro atoms. The van der Waals surface area contributed by atoms with Crippen molar-refractivity contribution < 1.29 is 9.59 Å². The predicted molar refractivity (Wildman–Crippen MR) is 95.3 cm³/mol. The Morgan fingerprint density at radius 1 is 1.38 bits per heavy atom. The Morgan fingerprint density at radius 2 is 2.21 bits per heavy atom. The Balaban J connectivity index is 1.49. The van der Waals surface area contributed by atoms with Crippen molar-refractivity contribution in [2.24, 2.45) is 7.05 Å². The fourth-order valence-corrected chi connectivity index (χ4v) is 4.19. The summed E-state index contributed by atoms with van der Waals surface area (Å²) in [4.78, 5) is 27.9. The number of thiophene rings is 1. The molecule has 0 aliphatic carbocycles. The predicted octanol–water partition coefficient (Wildman–Crippen LogP) is 2.47. The van der Waals surface area contributed by atoms with Crippen LogP contribution in [0.2, 0.25) is 0 Å². The van der Waals surface area contributed by atoms with Crippen molar-refractivity contribution in [3.05, 3.63) is 16.6 Å². The lowest BCUT2D eigenvalue weighted by Gasteiger charge is -2.20. The van der Waals surface area contributed by atoms with Gasteiger partial charge >= 0.3 is 0 Å². The highest BCUT2D eigenvalue weighted by Gasteiger charge is 2.17. The Hall–Kier alpha value is -1.89. The van der Waals surface area contributed by atoms with Crippen LogP contribution in [0.1, 0.15) is 47.5 Å². The van der Waals surface area contributed by atoms with Gasteiger partial charge in [0.1, 0.15) is 4.83 Å². The molecule has 24 heavy (non-hydrogen) atoms. The third kappa shape index (κ3) is 3.61. The highest BCUT2D eigenvalue weighted by atomic mass is 32.1. The Morgan fingerprint density at radius 3 is 3.00 bits per heavy atom. The van der Waals surface area contributed by atoms with Gasteiger partial charge in [-0.25, -0.2) is 0 Å². The number of hydrogen-bond donors (Lipinski definition) is 1. The first-order valence-corrected chi connectivity index (χ1v) is 9.37. The molecular formula is C17H24N4O2S. The molecule has 0 saturated carbocycles. The number of nitrogens with zero attached hydrogens (tertiary/aromatic N) is 3. The molecule has 1 fully saturated rings. The van der Waals surface area contributed by atoms with Crippen LogP contribution in [0.5, 0.6) is 0 Å². The molecule has 0 bridgehead atoms. The Bertz CT molecular complexity index is 715. The third-order valence-corrected chi connectivity index (χ3v) is 5.68. The summed E-state index contributed by atoms with van der Waals surface area (Å²) in [6, 6.07) is 1.91. The van der Waals surface area contributed by atoms with Crippen molar-refractivity contribution in [3.8, 4) is 0 Å². The minimum Gasteiger partial charge on any atom is -0.351 e. The summed E-state index contributed by atoms with van der Waals surface area (Å²) in [5, 5.41) is 8.36. The van der Waals surface area contributed by atoms with E-state index in [1.165, 1.54) is 11.3 Å². The van der Waals surface area contributed by atoms with Crippen LogP contribution in [-0.4, -0.2) is 46.1 Å². The fourth-order valence-electron chi connectivity index (χ4n) is 3.15. The van der Waals surface area contributed by atoms with E-state index in [0.29, 0.717) is 17.8 Å². The lowest BCUT2D eigenvalue weighted by Crippen LogP contribution is -2.33. The first-order chi connectivity index (χ1) is 11.6. The second-order valence-electron chi connectivity index (χ2n) is 6.34. The molecule has 1 aliphatic heterocycles. The first-order valence-electron chi connectivity index (χ1n) is 8.55. The number of nitrogens with one attached hydrogen (secondary N) is 1. The average molecular weight is 348 g/mol. The van der Waals surface area contributed by atoms with Crippen LogP contribution in [0.4, 0.5) is 0 Å². The molecule has 130 valence electrons. The first kappa shape index (κ1) is 17.0. The van der Waals surface area contributed by atoms with Crippen LogP contribution in [0.3, 0.4) is 0 Å². The van der Waals surface area contributed by atoms with E-state index in [1.807, 2.05) is 29.6 Å². The minimum absolute atomic E-state index is 0.0437. The van der Waals surface area contributed by atoms with Crippen molar-refractivity contribution >= 4 is 33.4 Å². The molecule has 0 radical (unpaired) electrons. The normalized spacial score (nSPS) is 15.8. The molecule has 1 saturated heterocycles. The van der Waals surface area contributed by atoms with Crippen molar-refractivity contribution in [2.75, 3.05) is 19.6 Å². The smallest absolute Gasteiger partial charge is 0.261 e. The minimum atomic E-state index is -0.0437. The number of likely N-dealkylation sites (tertiary alicyclic amines) is 1. The zero-order chi connectivity index (χ0) is 17.1. The maximum absolute atomic E-state index is 12.3. The number of amides is 2. The third-order valence-electron chi connectivity index (χ3n) is 4.48. The quantitative estimate of drug-likeness (QED) is 0.844. The maximum Gasteiger partial charge on any atom is 0.261 e. The zero-order valence-electron chi connectivity index (χ0n) is 14.3. The molecule has 0 atom stereocenters. The van der Waals surface area contributed by atoms with Crippen LogP contribution in [0.15, 0.2) is 6.07 Å². The molecule has 0 unspecified atom stereocenters. The van der Waals surface area contributed by atoms with Crippen molar-refractivity contribution in [1.29, 1.82) is 0 Å². The molecule has 1 aliphatic rings. The van der Waals surface area contributed by atoms with Gasteiger partial charge < -0.3 is 10.2 Å². The average Bonchev–Trinajstić information content (AvgIpc) is 3.03. The van der Waals surface area contributed by atoms with Crippen molar-refractivity contribution in [3.63, 3.8) is 0 Å². The summed E-state index contributed by atoms with van der Waals surface area (Å²) in [7, 11) is 1.89. The molecule has 2 aromatic rings. The number of aryl methyl sites for hydroxylation is 2. The molecule has 2 amide bonds. The molecule has 1 N–H and O–H groups in total. The molecule has 0 aromatic carbocycles. The van der Waals surface area contributed by atoms with Gasteiger partial charge in [0.05, 0.1) is 10.6 Å². The van der Waals surface area contributed by atoms with E-state index in [2.05, 4.69) is 10.4 Å². The van der Waals surface area contributed by atoms with Crippen LogP contribution >= 0.6 is 11.3 Å². The fraction of sp³-hybridized carbons (Fsp3) is 0.588. The molecule has 2 aromatic heterocycles. The van der Waals surface area contributed by atoms with Gasteiger partial charge in [0.2, 0.25) is 5.91 Å². The summed E-state index contributed by atoms with van der Waals surface area (Å²) in [6.07, 6.45) is 4.70. The van der Waals surface area contributed by atoms with Gasteiger partial charge in [-0.2, -0.15) is 5.10 Å². The van der Waals surface area contributed by atoms with Gasteiger partial charge in [-0.15, -0.1) is 11.3 Å². The molecule has 3 rings (SSSR count). The summed E-state index contributed by atoms with van der Waals surface area (Å²) < 4.78 is 1.82. The van der Waals surface area contributed by atoms with E-state index in [0.717, 1.165) is 54.7 Å². The van der Waals surface area contributed by atoms with Crippen LogP contribution in [0.25, 0.3) is 10.2 Å². The lowest BCUT2D eigenvalue weighted by atomic mass is 10.2. The van der Waals surface area contributed by atoms with Gasteiger partial charge in [-0.1, -0.05) is 6.42 Å². The number of fused-ring (bicyclic) bond motifs is 1. The van der Waals surface area contributed by atoms with E-state index >= 15 is 0 Å². The molecule has 7 heteroatoms. The second kappa shape index (κ2) is 7.34. The topological polar surface area (TPSA) is 67.2 Å². The summed E-state index contributed by atoms with van der Waals surface area (Å²) in [5.41, 5.74) is 0.947. The Kier molecular flexibility index (Phi) is 5.18. The van der Waals surface area contributed by atoms with Gasteiger partial charge in [0.25, 0.3) is 5.91 Å². The van der Waals surface area contributed by atoms with E-state index in [4.69, 9.17) is 0 Å². The number of aromatic nitrogens is 2. The number of rotatable bonds is 5. The van der Waals surface area contributed by atoms with E-state index in [1.54, 1.807) is 0 Å². The number of carbonyl (C=O) groups excluding carboxylic acids is 2. The van der Waals surface area contributed by atoms with Gasteiger partial charge in [0.15, 0.2) is 0 Å². The standard InChI is InChI=1S/C17H24N4O2S/c1-12-13-11-14(24-17(13)20(2)19-12)16(23)18-8-6-10-21-9-5-3-4-7-15(21)22/h11H,3-10H2,1-2H3,(H,18,23). The molecule has 6 nitrogen and oxygen atoms in total. The highest BCUT2D eigenvalue weighted by Crippen LogP contribution is 2.27. The van der Waals surface area contributed by atoms with Crippen LogP contribution in [0, 0.1) is 6.92 Å². The van der Waals surface area contributed by atoms with Gasteiger partial charge in [0, 0.05) is 38.5 Å². The number of carbonyl (C=O) groups is 2. The van der Waals surface area contributed by atoms with Crippen LogP contribution in [-0.2, 0) is 11.8 Å². The largest absolute Gasteiger partial charge is 0.351 e. The monoisotopic (exact) mass is 348 g/mol. The van der Waals surface area contributed by atoms with E-state index in [-0.39, 0.29) is 11.8 Å². The summed E-state index contributed by atoms with van der Waals surface area (Å²) in [5.74, 6) is 0.212. The van der Waals surface area contributed by atoms with Crippen LogP contribution < -0.4 is 5.32 Å². The molecular weight excluding hydrogens is 324 g/mol. The lowest BCUT2D eigenvalue weighted by molar-refractivity contribution is -0.130. The van der Waals surface area contributed by atoms with Crippen molar-refractivity contribution in [1.82, 2.24) is 20.0 Å². The summed E-state index contributed by atoms with van der Waals surface area (Å²) in [6.45, 7) is 4.13. The van der Waals surface area contributed by atoms with E-state index < -0.39 is 0 Å². The Labute approximate surface area is 145 Å².